The summed E-state index contributed by atoms with van der Waals surface area (Å²) in [5, 5.41) is 2.38. The van der Waals surface area contributed by atoms with Gasteiger partial charge in [-0.3, -0.25) is 4.68 Å². The number of aryl methyl sites for hydroxylation is 2. The molecule has 1 heterocycles. The molecular formula is C26H22N2. The highest BCUT2D eigenvalue weighted by Crippen LogP contribution is 2.35. The van der Waals surface area contributed by atoms with E-state index >= 15 is 0 Å². The SMILES string of the molecule is Cc1ccccc1-c1ccc2c(c1)c1cc(-c3ccccc3C)ccc1n2N. The van der Waals surface area contributed by atoms with E-state index in [0.29, 0.717) is 0 Å². The number of nitrogen functional groups attached to an aromatic ring is 1. The van der Waals surface area contributed by atoms with E-state index in [1.807, 2.05) is 0 Å². The Balaban J connectivity index is 1.78. The third-order valence-electron chi connectivity index (χ3n) is 5.71. The second-order valence-electron chi connectivity index (χ2n) is 7.46. The summed E-state index contributed by atoms with van der Waals surface area (Å²) in [5.74, 6) is 6.43. The van der Waals surface area contributed by atoms with Crippen molar-refractivity contribution in [2.75, 3.05) is 5.84 Å². The first kappa shape index (κ1) is 16.6. The predicted octanol–water partition coefficient (Wildman–Crippen LogP) is 6.46. The van der Waals surface area contributed by atoms with Crippen LogP contribution in [0.15, 0.2) is 84.9 Å². The van der Waals surface area contributed by atoms with Crippen LogP contribution in [0.3, 0.4) is 0 Å². The molecule has 0 saturated carbocycles. The third-order valence-corrected chi connectivity index (χ3v) is 5.71. The minimum absolute atomic E-state index is 1.05. The van der Waals surface area contributed by atoms with Crippen molar-refractivity contribution in [1.29, 1.82) is 0 Å². The van der Waals surface area contributed by atoms with Crippen LogP contribution in [0, 0.1) is 13.8 Å². The van der Waals surface area contributed by atoms with Crippen molar-refractivity contribution in [3.63, 3.8) is 0 Å². The van der Waals surface area contributed by atoms with E-state index in [9.17, 15) is 0 Å². The number of aromatic nitrogens is 1. The van der Waals surface area contributed by atoms with Gasteiger partial charge in [-0.1, -0.05) is 60.7 Å². The van der Waals surface area contributed by atoms with E-state index < -0.39 is 0 Å². The van der Waals surface area contributed by atoms with Crippen LogP contribution in [0.5, 0.6) is 0 Å². The van der Waals surface area contributed by atoms with E-state index in [1.54, 1.807) is 4.68 Å². The van der Waals surface area contributed by atoms with Gasteiger partial charge in [0.15, 0.2) is 0 Å². The molecule has 0 spiro atoms. The number of nitrogens with zero attached hydrogens (tertiary/aromatic N) is 1. The van der Waals surface area contributed by atoms with Crippen LogP contribution in [0.2, 0.25) is 0 Å². The Labute approximate surface area is 164 Å². The highest BCUT2D eigenvalue weighted by molar-refractivity contribution is 6.10. The molecule has 0 unspecified atom stereocenters. The highest BCUT2D eigenvalue weighted by Gasteiger charge is 2.12. The van der Waals surface area contributed by atoms with Gasteiger partial charge in [0.1, 0.15) is 0 Å². The number of fused-ring (bicyclic) bond motifs is 3. The first-order valence-corrected chi connectivity index (χ1v) is 9.59. The first-order chi connectivity index (χ1) is 13.6. The number of nitrogens with two attached hydrogens (primary N) is 1. The van der Waals surface area contributed by atoms with E-state index in [1.165, 1.54) is 44.2 Å². The van der Waals surface area contributed by atoms with E-state index in [4.69, 9.17) is 5.84 Å². The van der Waals surface area contributed by atoms with Gasteiger partial charge >= 0.3 is 0 Å². The summed E-state index contributed by atoms with van der Waals surface area (Å²) in [6.07, 6.45) is 0. The Morgan fingerprint density at radius 1 is 0.571 bits per heavy atom. The maximum atomic E-state index is 6.43. The monoisotopic (exact) mass is 362 g/mol. The maximum Gasteiger partial charge on any atom is 0.0704 e. The van der Waals surface area contributed by atoms with Gasteiger partial charge in [0.2, 0.25) is 0 Å². The summed E-state index contributed by atoms with van der Waals surface area (Å²) in [5.41, 5.74) is 9.62. The van der Waals surface area contributed by atoms with Gasteiger partial charge in [-0.15, -0.1) is 0 Å². The van der Waals surface area contributed by atoms with Gasteiger partial charge in [0.05, 0.1) is 11.0 Å². The molecule has 2 N–H and O–H groups in total. The van der Waals surface area contributed by atoms with Crippen molar-refractivity contribution < 1.29 is 0 Å². The quantitative estimate of drug-likeness (QED) is 0.359. The normalized spacial score (nSPS) is 11.4. The minimum Gasteiger partial charge on any atom is -0.339 e. The second-order valence-corrected chi connectivity index (χ2v) is 7.46. The third kappa shape index (κ3) is 2.49. The van der Waals surface area contributed by atoms with Gasteiger partial charge < -0.3 is 5.84 Å². The van der Waals surface area contributed by atoms with Crippen molar-refractivity contribution >= 4 is 21.8 Å². The molecule has 2 heteroatoms. The second kappa shape index (κ2) is 6.28. The molecule has 0 fully saturated rings. The van der Waals surface area contributed by atoms with Gasteiger partial charge in [-0.25, -0.2) is 0 Å². The largest absolute Gasteiger partial charge is 0.339 e. The Morgan fingerprint density at radius 2 is 1.00 bits per heavy atom. The summed E-state index contributed by atoms with van der Waals surface area (Å²) in [6.45, 7) is 4.31. The average Bonchev–Trinajstić information content (AvgIpc) is 3.00. The van der Waals surface area contributed by atoms with Crippen LogP contribution in [-0.2, 0) is 0 Å². The Kier molecular flexibility index (Phi) is 3.73. The van der Waals surface area contributed by atoms with Crippen LogP contribution in [0.25, 0.3) is 44.1 Å². The van der Waals surface area contributed by atoms with Crippen LogP contribution < -0.4 is 5.84 Å². The summed E-state index contributed by atoms with van der Waals surface area (Å²) in [7, 11) is 0. The summed E-state index contributed by atoms with van der Waals surface area (Å²) < 4.78 is 1.80. The van der Waals surface area contributed by atoms with Crippen LogP contribution in [-0.4, -0.2) is 4.68 Å². The Hall–Kier alpha value is -3.52. The number of rotatable bonds is 2. The zero-order chi connectivity index (χ0) is 19.3. The Morgan fingerprint density at radius 3 is 1.43 bits per heavy atom. The van der Waals surface area contributed by atoms with Gasteiger partial charge in [-0.05, 0) is 71.5 Å². The molecule has 0 bridgehead atoms. The molecule has 0 atom stereocenters. The summed E-state index contributed by atoms with van der Waals surface area (Å²) >= 11 is 0. The molecule has 1 aromatic heterocycles. The standard InChI is InChI=1S/C26H22N2/c1-17-7-3-5-9-21(17)19-11-13-25-23(15-19)24-16-20(12-14-26(24)28(25)27)22-10-6-4-8-18(22)2/h3-16H,27H2,1-2H3. The van der Waals surface area contributed by atoms with Crippen molar-refractivity contribution in [1.82, 2.24) is 4.68 Å². The number of benzene rings is 4. The fourth-order valence-corrected chi connectivity index (χ4v) is 4.18. The molecule has 0 radical (unpaired) electrons. The predicted molar refractivity (Wildman–Crippen MR) is 120 cm³/mol. The van der Waals surface area contributed by atoms with Crippen molar-refractivity contribution in [2.45, 2.75) is 13.8 Å². The van der Waals surface area contributed by atoms with E-state index in [-0.39, 0.29) is 0 Å². The lowest BCUT2D eigenvalue weighted by molar-refractivity contribution is 1.12. The molecule has 2 nitrogen and oxygen atoms in total. The Bertz CT molecular complexity index is 1240. The molecule has 0 amide bonds. The molecule has 5 aromatic rings. The average molecular weight is 362 g/mol. The van der Waals surface area contributed by atoms with Gasteiger partial charge in [0, 0.05) is 10.8 Å². The molecule has 0 aliphatic heterocycles. The fraction of sp³-hybridized carbons (Fsp3) is 0.0769. The topological polar surface area (TPSA) is 30.9 Å². The summed E-state index contributed by atoms with van der Waals surface area (Å²) in [6, 6.07) is 30.1. The zero-order valence-electron chi connectivity index (χ0n) is 16.1. The molecule has 5 rings (SSSR count). The smallest absolute Gasteiger partial charge is 0.0704 e. The van der Waals surface area contributed by atoms with Crippen LogP contribution in [0.4, 0.5) is 0 Å². The lowest BCUT2D eigenvalue weighted by Crippen LogP contribution is -2.06. The van der Waals surface area contributed by atoms with E-state index in [2.05, 4.69) is 98.8 Å². The molecule has 136 valence electrons. The van der Waals surface area contributed by atoms with Gasteiger partial charge in [-0.2, -0.15) is 0 Å². The minimum atomic E-state index is 1.05. The molecule has 0 aliphatic carbocycles. The van der Waals surface area contributed by atoms with Crippen molar-refractivity contribution in [3.8, 4) is 22.3 Å². The van der Waals surface area contributed by atoms with Crippen LogP contribution in [0.1, 0.15) is 11.1 Å². The van der Waals surface area contributed by atoms with E-state index in [0.717, 1.165) is 11.0 Å². The van der Waals surface area contributed by atoms with Crippen molar-refractivity contribution in [3.05, 3.63) is 96.1 Å². The molecule has 0 aliphatic rings. The summed E-state index contributed by atoms with van der Waals surface area (Å²) in [4.78, 5) is 0. The molecule has 4 aromatic carbocycles. The first-order valence-electron chi connectivity index (χ1n) is 9.59. The zero-order valence-corrected chi connectivity index (χ0v) is 16.1. The van der Waals surface area contributed by atoms with Gasteiger partial charge in [0.25, 0.3) is 0 Å². The highest BCUT2D eigenvalue weighted by atomic mass is 15.3. The number of hydrogen-bond donors (Lipinski definition) is 1. The lowest BCUT2D eigenvalue weighted by atomic mass is 9.97. The van der Waals surface area contributed by atoms with Crippen molar-refractivity contribution in [2.24, 2.45) is 0 Å². The fourth-order valence-electron chi connectivity index (χ4n) is 4.18. The maximum absolute atomic E-state index is 6.43. The molecule has 0 saturated heterocycles. The molecule has 28 heavy (non-hydrogen) atoms. The molecular weight excluding hydrogens is 340 g/mol. The van der Waals surface area contributed by atoms with Crippen LogP contribution >= 0.6 is 0 Å². The lowest BCUT2D eigenvalue weighted by Gasteiger charge is -2.07. The number of hydrogen-bond acceptors (Lipinski definition) is 1.